The van der Waals surface area contributed by atoms with Crippen molar-refractivity contribution in [3.05, 3.63) is 22.8 Å². The average Bonchev–Trinajstić information content (AvgIpc) is 2.16. The highest BCUT2D eigenvalue weighted by Crippen LogP contribution is 2.22. The van der Waals surface area contributed by atoms with Crippen LogP contribution < -0.4 is 4.90 Å². The molecule has 0 amide bonds. The maximum Gasteiger partial charge on any atom is 0.142 e. The molecule has 0 aromatic carbocycles. The Morgan fingerprint density at radius 2 is 2.31 bits per heavy atom. The van der Waals surface area contributed by atoms with Crippen LogP contribution in [0.4, 0.5) is 5.82 Å². The third-order valence-corrected chi connectivity index (χ3v) is 2.75. The van der Waals surface area contributed by atoms with Crippen LogP contribution in [-0.4, -0.2) is 23.4 Å². The number of aromatic nitrogens is 1. The molecule has 0 aliphatic carbocycles. The number of rotatable bonds is 4. The van der Waals surface area contributed by atoms with Crippen LogP contribution in [0.3, 0.4) is 0 Å². The Balaban J connectivity index is 2.84. The van der Waals surface area contributed by atoms with Crippen molar-refractivity contribution in [3.63, 3.8) is 0 Å². The van der Waals surface area contributed by atoms with E-state index in [1.165, 1.54) is 0 Å². The van der Waals surface area contributed by atoms with E-state index in [-0.39, 0.29) is 0 Å². The van der Waals surface area contributed by atoms with Crippen molar-refractivity contribution in [1.29, 1.82) is 0 Å². The molecule has 0 saturated carbocycles. The van der Waals surface area contributed by atoms with E-state index in [9.17, 15) is 0 Å². The lowest BCUT2D eigenvalue weighted by atomic mass is 10.4. The zero-order valence-corrected chi connectivity index (χ0v) is 10.7. The van der Waals surface area contributed by atoms with Crippen LogP contribution >= 0.6 is 31.9 Å². The van der Waals surface area contributed by atoms with E-state index in [4.69, 9.17) is 0 Å². The summed E-state index contributed by atoms with van der Waals surface area (Å²) >= 11 is 6.92. The van der Waals surface area contributed by atoms with Crippen molar-refractivity contribution in [3.8, 4) is 0 Å². The summed E-state index contributed by atoms with van der Waals surface area (Å²) in [6.45, 7) is 4.08. The first-order valence-electron chi connectivity index (χ1n) is 4.21. The fourth-order valence-corrected chi connectivity index (χ4v) is 2.06. The van der Waals surface area contributed by atoms with Gasteiger partial charge in [-0.2, -0.15) is 0 Å². The van der Waals surface area contributed by atoms with Crippen LogP contribution in [0.15, 0.2) is 22.8 Å². The molecule has 0 unspecified atom stereocenters. The topological polar surface area (TPSA) is 16.1 Å². The number of hydrogen-bond acceptors (Lipinski definition) is 2. The number of hydrogen-bond donors (Lipinski definition) is 0. The molecule has 1 heterocycles. The van der Waals surface area contributed by atoms with Crippen molar-refractivity contribution < 1.29 is 0 Å². The first-order valence-corrected chi connectivity index (χ1v) is 6.12. The number of anilines is 1. The molecule has 13 heavy (non-hydrogen) atoms. The second kappa shape index (κ2) is 5.60. The first-order chi connectivity index (χ1) is 6.29. The molecule has 2 nitrogen and oxygen atoms in total. The molecule has 1 aromatic rings. The zero-order valence-electron chi connectivity index (χ0n) is 7.50. The van der Waals surface area contributed by atoms with Gasteiger partial charge in [-0.3, -0.25) is 0 Å². The van der Waals surface area contributed by atoms with Gasteiger partial charge in [0.15, 0.2) is 0 Å². The number of halogens is 2. The van der Waals surface area contributed by atoms with E-state index in [1.807, 2.05) is 18.3 Å². The van der Waals surface area contributed by atoms with Crippen molar-refractivity contribution in [1.82, 2.24) is 4.98 Å². The highest BCUT2D eigenvalue weighted by molar-refractivity contribution is 9.10. The summed E-state index contributed by atoms with van der Waals surface area (Å²) < 4.78 is 1.05. The van der Waals surface area contributed by atoms with Crippen molar-refractivity contribution in [2.24, 2.45) is 0 Å². The summed E-state index contributed by atoms with van der Waals surface area (Å²) in [6.07, 6.45) is 1.82. The Morgan fingerprint density at radius 1 is 1.54 bits per heavy atom. The largest absolute Gasteiger partial charge is 0.355 e. The van der Waals surface area contributed by atoms with Gasteiger partial charge in [0.2, 0.25) is 0 Å². The molecule has 0 saturated heterocycles. The van der Waals surface area contributed by atoms with E-state index in [1.54, 1.807) is 0 Å². The zero-order chi connectivity index (χ0) is 9.68. The summed E-state index contributed by atoms with van der Waals surface area (Å²) in [5.41, 5.74) is 0. The minimum Gasteiger partial charge on any atom is -0.355 e. The third kappa shape index (κ3) is 2.95. The lowest BCUT2D eigenvalue weighted by Crippen LogP contribution is -2.26. The van der Waals surface area contributed by atoms with Crippen molar-refractivity contribution in [2.75, 3.05) is 23.3 Å². The lowest BCUT2D eigenvalue weighted by Gasteiger charge is -2.21. The lowest BCUT2D eigenvalue weighted by molar-refractivity contribution is 0.851. The summed E-state index contributed by atoms with van der Waals surface area (Å²) in [4.78, 5) is 6.55. The number of nitrogens with zero attached hydrogens (tertiary/aromatic N) is 2. The van der Waals surface area contributed by atoms with Crippen LogP contribution in [0.2, 0.25) is 0 Å². The highest BCUT2D eigenvalue weighted by Gasteiger charge is 2.07. The van der Waals surface area contributed by atoms with Gasteiger partial charge in [0.25, 0.3) is 0 Å². The number of alkyl halides is 1. The molecular formula is C9H12Br2N2. The quantitative estimate of drug-likeness (QED) is 0.795. The predicted molar refractivity (Wildman–Crippen MR) is 63.6 cm³/mol. The van der Waals surface area contributed by atoms with Crippen molar-refractivity contribution in [2.45, 2.75) is 6.92 Å². The molecule has 0 N–H and O–H groups in total. The second-order valence-corrected chi connectivity index (χ2v) is 4.22. The van der Waals surface area contributed by atoms with Crippen LogP contribution in [0.5, 0.6) is 0 Å². The first kappa shape index (κ1) is 11.0. The minimum absolute atomic E-state index is 0.962. The molecule has 0 atom stereocenters. The van der Waals surface area contributed by atoms with Gasteiger partial charge in [-0.1, -0.05) is 15.9 Å². The van der Waals surface area contributed by atoms with Crippen molar-refractivity contribution >= 4 is 37.7 Å². The van der Waals surface area contributed by atoms with E-state index < -0.39 is 0 Å². The maximum absolute atomic E-state index is 4.33. The minimum atomic E-state index is 0.962. The van der Waals surface area contributed by atoms with Gasteiger partial charge in [0.1, 0.15) is 5.82 Å². The SMILES string of the molecule is CCN(CCBr)c1ncccc1Br. The molecule has 0 radical (unpaired) electrons. The molecule has 1 rings (SSSR count). The second-order valence-electron chi connectivity index (χ2n) is 2.58. The van der Waals surface area contributed by atoms with E-state index >= 15 is 0 Å². The molecule has 1 aromatic heterocycles. The van der Waals surface area contributed by atoms with Gasteiger partial charge in [-0.25, -0.2) is 4.98 Å². The van der Waals surface area contributed by atoms with Crippen LogP contribution in [-0.2, 0) is 0 Å². The third-order valence-electron chi connectivity index (χ3n) is 1.77. The Hall–Kier alpha value is -0.0900. The molecule has 72 valence electrons. The Kier molecular flexibility index (Phi) is 4.73. The molecule has 0 aliphatic rings. The predicted octanol–water partition coefficient (Wildman–Crippen LogP) is 3.07. The van der Waals surface area contributed by atoms with Gasteiger partial charge >= 0.3 is 0 Å². The van der Waals surface area contributed by atoms with Crippen LogP contribution in [0.25, 0.3) is 0 Å². The molecule has 0 spiro atoms. The highest BCUT2D eigenvalue weighted by atomic mass is 79.9. The fourth-order valence-electron chi connectivity index (χ4n) is 1.13. The summed E-state index contributed by atoms with van der Waals surface area (Å²) in [5.74, 6) is 1.02. The fraction of sp³-hybridized carbons (Fsp3) is 0.444. The Labute approximate surface area is 95.6 Å². The van der Waals surface area contributed by atoms with Gasteiger partial charge in [-0.05, 0) is 35.0 Å². The monoisotopic (exact) mass is 306 g/mol. The van der Waals surface area contributed by atoms with E-state index in [0.717, 1.165) is 28.7 Å². The molecular weight excluding hydrogens is 296 g/mol. The molecule has 0 fully saturated rings. The van der Waals surface area contributed by atoms with Gasteiger partial charge < -0.3 is 4.90 Å². The molecule has 4 heteroatoms. The smallest absolute Gasteiger partial charge is 0.142 e. The average molecular weight is 308 g/mol. The maximum atomic E-state index is 4.33. The normalized spacial score (nSPS) is 10.1. The Morgan fingerprint density at radius 3 is 2.85 bits per heavy atom. The van der Waals surface area contributed by atoms with Gasteiger partial charge in [0, 0.05) is 24.6 Å². The van der Waals surface area contributed by atoms with E-state index in [0.29, 0.717) is 0 Å². The Bertz CT molecular complexity index is 266. The molecule has 0 aliphatic heterocycles. The van der Waals surface area contributed by atoms with Crippen LogP contribution in [0.1, 0.15) is 6.92 Å². The van der Waals surface area contributed by atoms with Gasteiger partial charge in [-0.15, -0.1) is 0 Å². The number of pyridine rings is 1. The van der Waals surface area contributed by atoms with Crippen LogP contribution in [0, 0.1) is 0 Å². The summed E-state index contributed by atoms with van der Waals surface area (Å²) in [5, 5.41) is 0.962. The standard InChI is InChI=1S/C9H12Br2N2/c1-2-13(7-5-10)9-8(11)4-3-6-12-9/h3-4,6H,2,5,7H2,1H3. The molecule has 0 bridgehead atoms. The summed E-state index contributed by atoms with van der Waals surface area (Å²) in [6, 6.07) is 3.94. The van der Waals surface area contributed by atoms with Gasteiger partial charge in [0.05, 0.1) is 4.47 Å². The van der Waals surface area contributed by atoms with E-state index in [2.05, 4.69) is 48.7 Å². The summed E-state index contributed by atoms with van der Waals surface area (Å²) in [7, 11) is 0.